The molecule has 0 aromatic heterocycles. The van der Waals surface area contributed by atoms with Crippen LogP contribution in [0.1, 0.15) is 33.6 Å². The Kier molecular flexibility index (Phi) is 3.51. The van der Waals surface area contributed by atoms with Crippen molar-refractivity contribution in [2.75, 3.05) is 7.11 Å². The number of allylic oxidation sites excluding steroid dienone is 2. The molecule has 0 heterocycles. The van der Waals surface area contributed by atoms with E-state index in [4.69, 9.17) is 4.74 Å². The SMILES string of the molecule is COC(=O)C12C(=O)C3C([C@H]4CC(O)[C@H]3C4)[C@@H](C)C1[C@@H](C)C=C[C@H]2C. The lowest BCUT2D eigenvalue weighted by molar-refractivity contribution is -0.184. The van der Waals surface area contributed by atoms with Crippen LogP contribution in [0.4, 0.5) is 0 Å². The predicted molar refractivity (Wildman–Crippen MR) is 88.8 cm³/mol. The van der Waals surface area contributed by atoms with Crippen LogP contribution in [0.3, 0.4) is 0 Å². The van der Waals surface area contributed by atoms with Crippen molar-refractivity contribution in [2.45, 2.75) is 39.7 Å². The molecule has 132 valence electrons. The Labute approximate surface area is 143 Å². The molecule has 4 nitrogen and oxygen atoms in total. The molecule has 0 radical (unpaired) electrons. The van der Waals surface area contributed by atoms with Gasteiger partial charge >= 0.3 is 5.97 Å². The second-order valence-electron chi connectivity index (χ2n) is 8.71. The largest absolute Gasteiger partial charge is 0.468 e. The molecule has 3 saturated carbocycles. The van der Waals surface area contributed by atoms with E-state index in [1.807, 2.05) is 13.0 Å². The van der Waals surface area contributed by atoms with Gasteiger partial charge < -0.3 is 9.84 Å². The zero-order valence-electron chi connectivity index (χ0n) is 14.9. The van der Waals surface area contributed by atoms with Crippen LogP contribution in [0.15, 0.2) is 12.2 Å². The first kappa shape index (κ1) is 16.3. The number of Topliss-reactive ketones (excluding diaryl/α,β-unsaturated/α-hetero) is 1. The van der Waals surface area contributed by atoms with Crippen LogP contribution < -0.4 is 0 Å². The number of fused-ring (bicyclic) bond motifs is 6. The molecule has 0 aromatic rings. The Morgan fingerprint density at radius 2 is 1.96 bits per heavy atom. The normalized spacial score (nSPS) is 55.2. The second kappa shape index (κ2) is 5.17. The fourth-order valence-electron chi connectivity index (χ4n) is 7.21. The van der Waals surface area contributed by atoms with Crippen molar-refractivity contribution in [1.82, 2.24) is 0 Å². The minimum Gasteiger partial charge on any atom is -0.468 e. The first-order chi connectivity index (χ1) is 11.4. The zero-order chi connectivity index (χ0) is 17.4. The third-order valence-electron chi connectivity index (χ3n) is 7.95. The van der Waals surface area contributed by atoms with Gasteiger partial charge in [-0.25, -0.2) is 0 Å². The summed E-state index contributed by atoms with van der Waals surface area (Å²) in [5.41, 5.74) is -1.08. The van der Waals surface area contributed by atoms with Crippen molar-refractivity contribution in [3.05, 3.63) is 12.2 Å². The van der Waals surface area contributed by atoms with E-state index in [1.165, 1.54) is 7.11 Å². The van der Waals surface area contributed by atoms with E-state index in [0.717, 1.165) is 12.8 Å². The Morgan fingerprint density at radius 3 is 2.62 bits per heavy atom. The smallest absolute Gasteiger partial charge is 0.320 e. The second-order valence-corrected chi connectivity index (χ2v) is 8.71. The van der Waals surface area contributed by atoms with E-state index in [2.05, 4.69) is 19.9 Å². The van der Waals surface area contributed by atoms with Crippen molar-refractivity contribution in [3.8, 4) is 0 Å². The van der Waals surface area contributed by atoms with Gasteiger partial charge in [0.25, 0.3) is 0 Å². The van der Waals surface area contributed by atoms with Crippen LogP contribution in [-0.2, 0) is 14.3 Å². The molecule has 24 heavy (non-hydrogen) atoms. The summed E-state index contributed by atoms with van der Waals surface area (Å²) in [6, 6.07) is 0. The maximum Gasteiger partial charge on any atom is 0.320 e. The average Bonchev–Trinajstić information content (AvgIpc) is 3.11. The van der Waals surface area contributed by atoms with Crippen molar-refractivity contribution in [3.63, 3.8) is 0 Å². The monoisotopic (exact) mass is 332 g/mol. The van der Waals surface area contributed by atoms with Gasteiger partial charge in [-0.15, -0.1) is 0 Å². The van der Waals surface area contributed by atoms with Gasteiger partial charge in [0.2, 0.25) is 0 Å². The summed E-state index contributed by atoms with van der Waals surface area (Å²) in [5, 5.41) is 10.4. The van der Waals surface area contributed by atoms with Crippen LogP contribution in [0.2, 0.25) is 0 Å². The van der Waals surface area contributed by atoms with Gasteiger partial charge in [0.15, 0.2) is 5.78 Å². The number of hydrogen-bond acceptors (Lipinski definition) is 4. The van der Waals surface area contributed by atoms with Crippen molar-refractivity contribution in [2.24, 2.45) is 52.8 Å². The Balaban J connectivity index is 1.89. The molecule has 1 N–H and O–H groups in total. The first-order valence-corrected chi connectivity index (χ1v) is 9.34. The van der Waals surface area contributed by atoms with Crippen LogP contribution >= 0.6 is 0 Å². The number of carbonyl (C=O) groups excluding carboxylic acids is 2. The van der Waals surface area contributed by atoms with E-state index in [0.29, 0.717) is 11.8 Å². The maximum atomic E-state index is 13.8. The van der Waals surface area contributed by atoms with Gasteiger partial charge in [-0.05, 0) is 54.3 Å². The quantitative estimate of drug-likeness (QED) is 0.455. The molecular weight excluding hydrogens is 304 g/mol. The highest BCUT2D eigenvalue weighted by Crippen LogP contribution is 2.66. The van der Waals surface area contributed by atoms with Gasteiger partial charge in [0.05, 0.1) is 13.2 Å². The molecule has 4 heteroatoms. The van der Waals surface area contributed by atoms with E-state index in [-0.39, 0.29) is 53.4 Å². The number of esters is 1. The predicted octanol–water partition coefficient (Wildman–Crippen LogP) is 2.46. The fraction of sp³-hybridized carbons (Fsp3) is 0.800. The van der Waals surface area contributed by atoms with Crippen molar-refractivity contribution < 1.29 is 19.4 Å². The van der Waals surface area contributed by atoms with Crippen LogP contribution in [-0.4, -0.2) is 30.1 Å². The van der Waals surface area contributed by atoms with E-state index >= 15 is 0 Å². The third-order valence-corrected chi connectivity index (χ3v) is 7.95. The van der Waals surface area contributed by atoms with Gasteiger partial charge in [0, 0.05) is 5.92 Å². The molecule has 0 amide bonds. The van der Waals surface area contributed by atoms with Gasteiger partial charge in [-0.3, -0.25) is 9.59 Å². The molecule has 0 spiro atoms. The summed E-state index contributed by atoms with van der Waals surface area (Å²) in [4.78, 5) is 26.7. The van der Waals surface area contributed by atoms with Crippen LogP contribution in [0.25, 0.3) is 0 Å². The number of ketones is 1. The average molecular weight is 332 g/mol. The minimum absolute atomic E-state index is 0.00445. The summed E-state index contributed by atoms with van der Waals surface area (Å²) >= 11 is 0. The Bertz CT molecular complexity index is 611. The molecule has 3 fully saturated rings. The summed E-state index contributed by atoms with van der Waals surface area (Å²) < 4.78 is 5.19. The number of carbonyl (C=O) groups is 2. The van der Waals surface area contributed by atoms with Crippen LogP contribution in [0, 0.1) is 52.8 Å². The molecule has 0 aromatic carbocycles. The number of methoxy groups -OCH3 is 1. The number of aliphatic hydroxyl groups excluding tert-OH is 1. The Morgan fingerprint density at radius 1 is 1.25 bits per heavy atom. The maximum absolute atomic E-state index is 13.8. The molecule has 5 unspecified atom stereocenters. The lowest BCUT2D eigenvalue weighted by atomic mass is 9.44. The lowest BCUT2D eigenvalue weighted by Crippen LogP contribution is -2.64. The van der Waals surface area contributed by atoms with Crippen LogP contribution in [0.5, 0.6) is 0 Å². The van der Waals surface area contributed by atoms with E-state index in [9.17, 15) is 14.7 Å². The molecule has 0 saturated heterocycles. The minimum atomic E-state index is -1.08. The van der Waals surface area contributed by atoms with Gasteiger partial charge in [-0.2, -0.15) is 0 Å². The highest BCUT2D eigenvalue weighted by Gasteiger charge is 2.71. The van der Waals surface area contributed by atoms with Crippen molar-refractivity contribution in [1.29, 1.82) is 0 Å². The summed E-state index contributed by atoms with van der Waals surface area (Å²) in [7, 11) is 1.39. The third kappa shape index (κ3) is 1.68. The fourth-order valence-corrected chi connectivity index (χ4v) is 7.21. The molecule has 2 bridgehead atoms. The van der Waals surface area contributed by atoms with Gasteiger partial charge in [-0.1, -0.05) is 32.9 Å². The molecule has 4 aliphatic carbocycles. The Hall–Kier alpha value is -1.16. The molecule has 10 atom stereocenters. The number of rotatable bonds is 1. The zero-order valence-corrected chi connectivity index (χ0v) is 14.9. The van der Waals surface area contributed by atoms with E-state index in [1.54, 1.807) is 0 Å². The van der Waals surface area contributed by atoms with Gasteiger partial charge in [0.1, 0.15) is 5.41 Å². The summed E-state index contributed by atoms with van der Waals surface area (Å²) in [5.74, 6) is 0.597. The molecule has 0 aliphatic heterocycles. The standard InChI is InChI=1S/C20H28O4/c1-9-5-6-10(2)20(19(23)24-4)17(9)11(3)15-12-7-13(14(21)8-12)16(15)18(20)22/h5-6,9-17,21H,7-8H2,1-4H3/t9-,10+,11+,12+,13+,14?,15?,16?,17?,20?/m0/s1. The molecule has 4 aliphatic rings. The molecule has 4 rings (SSSR count). The number of hydrogen-bond donors (Lipinski definition) is 1. The lowest BCUT2D eigenvalue weighted by Gasteiger charge is -2.57. The molecular formula is C20H28O4. The summed E-state index contributed by atoms with van der Waals surface area (Å²) in [6.07, 6.45) is 5.56. The highest BCUT2D eigenvalue weighted by molar-refractivity contribution is 6.07. The number of aliphatic hydroxyl groups is 1. The van der Waals surface area contributed by atoms with Crippen molar-refractivity contribution >= 4 is 11.8 Å². The van der Waals surface area contributed by atoms with E-state index < -0.39 is 5.41 Å². The first-order valence-electron chi connectivity index (χ1n) is 9.34. The summed E-state index contributed by atoms with van der Waals surface area (Å²) in [6.45, 7) is 6.32. The topological polar surface area (TPSA) is 63.6 Å². The highest BCUT2D eigenvalue weighted by atomic mass is 16.5. The number of ether oxygens (including phenoxy) is 1.